The van der Waals surface area contributed by atoms with Crippen LogP contribution < -0.4 is 10.1 Å². The Labute approximate surface area is 153 Å². The summed E-state index contributed by atoms with van der Waals surface area (Å²) in [4.78, 5) is 23.0. The highest BCUT2D eigenvalue weighted by molar-refractivity contribution is 5.95. The minimum absolute atomic E-state index is 0.0465. The lowest BCUT2D eigenvalue weighted by molar-refractivity contribution is -0.385. The molecule has 8 heteroatoms. The fraction of sp³-hybridized carbons (Fsp3) is 0. The fourth-order valence-electron chi connectivity index (χ4n) is 2.67. The highest BCUT2D eigenvalue weighted by Crippen LogP contribution is 2.36. The quantitative estimate of drug-likeness (QED) is 0.414. The lowest BCUT2D eigenvalue weighted by atomic mass is 10.1. The van der Waals surface area contributed by atoms with Crippen LogP contribution >= 0.6 is 0 Å². The van der Waals surface area contributed by atoms with Gasteiger partial charge in [-0.25, -0.2) is 4.98 Å². The van der Waals surface area contributed by atoms with Crippen LogP contribution in [0.1, 0.15) is 0 Å². The molecule has 8 nitrogen and oxygen atoms in total. The fourth-order valence-corrected chi connectivity index (χ4v) is 2.67. The van der Waals surface area contributed by atoms with Gasteiger partial charge in [0.05, 0.1) is 11.1 Å². The van der Waals surface area contributed by atoms with Gasteiger partial charge < -0.3 is 10.1 Å². The van der Waals surface area contributed by atoms with Gasteiger partial charge in [0.1, 0.15) is 12.1 Å². The summed E-state index contributed by atoms with van der Waals surface area (Å²) in [6, 6.07) is 16.7. The van der Waals surface area contributed by atoms with Crippen LogP contribution in [0.3, 0.4) is 0 Å². The van der Waals surface area contributed by atoms with Gasteiger partial charge in [0.15, 0.2) is 0 Å². The van der Waals surface area contributed by atoms with Gasteiger partial charge in [-0.3, -0.25) is 15.1 Å². The van der Waals surface area contributed by atoms with Gasteiger partial charge in [0.2, 0.25) is 5.82 Å². The molecule has 4 aromatic rings. The second kappa shape index (κ2) is 7.04. The normalized spacial score (nSPS) is 10.5. The van der Waals surface area contributed by atoms with Crippen LogP contribution in [0.15, 0.2) is 73.3 Å². The van der Waals surface area contributed by atoms with Crippen molar-refractivity contribution >= 4 is 28.0 Å². The van der Waals surface area contributed by atoms with Crippen molar-refractivity contribution in [1.82, 2.24) is 15.0 Å². The third-order valence-corrected chi connectivity index (χ3v) is 3.86. The highest BCUT2D eigenvalue weighted by Gasteiger charge is 2.25. The molecule has 1 N–H and O–H groups in total. The van der Waals surface area contributed by atoms with Crippen LogP contribution in [0, 0.1) is 10.1 Å². The maximum Gasteiger partial charge on any atom is 0.373 e. The molecule has 0 aliphatic carbocycles. The minimum Gasteiger partial charge on any atom is -0.432 e. The van der Waals surface area contributed by atoms with Gasteiger partial charge in [-0.2, -0.15) is 4.98 Å². The van der Waals surface area contributed by atoms with E-state index < -0.39 is 4.92 Å². The summed E-state index contributed by atoms with van der Waals surface area (Å²) >= 11 is 0. The number of benzene rings is 2. The van der Waals surface area contributed by atoms with Crippen molar-refractivity contribution in [2.45, 2.75) is 0 Å². The maximum atomic E-state index is 11.7. The van der Waals surface area contributed by atoms with E-state index in [1.165, 1.54) is 12.5 Å². The molecule has 0 bridgehead atoms. The van der Waals surface area contributed by atoms with Crippen molar-refractivity contribution in [1.29, 1.82) is 0 Å². The van der Waals surface area contributed by atoms with Gasteiger partial charge in [-0.05, 0) is 23.6 Å². The summed E-state index contributed by atoms with van der Waals surface area (Å²) in [5, 5.41) is 16.6. The van der Waals surface area contributed by atoms with Gasteiger partial charge >= 0.3 is 11.6 Å². The molecule has 0 radical (unpaired) electrons. The van der Waals surface area contributed by atoms with Crippen molar-refractivity contribution in [3.63, 3.8) is 0 Å². The Morgan fingerprint density at radius 1 is 1.00 bits per heavy atom. The summed E-state index contributed by atoms with van der Waals surface area (Å²) in [6.07, 6.45) is 4.24. The molecule has 132 valence electrons. The number of nitro groups is 1. The van der Waals surface area contributed by atoms with Crippen molar-refractivity contribution in [3.8, 4) is 11.6 Å². The number of rotatable bonds is 5. The first kappa shape index (κ1) is 16.4. The zero-order valence-electron chi connectivity index (χ0n) is 13.9. The van der Waals surface area contributed by atoms with Crippen LogP contribution in [0.2, 0.25) is 0 Å². The molecule has 0 fully saturated rings. The molecule has 0 spiro atoms. The van der Waals surface area contributed by atoms with E-state index in [1.54, 1.807) is 18.3 Å². The molecule has 0 saturated heterocycles. The van der Waals surface area contributed by atoms with E-state index in [0.717, 1.165) is 10.8 Å². The topological polar surface area (TPSA) is 103 Å². The summed E-state index contributed by atoms with van der Waals surface area (Å²) in [6.45, 7) is 0. The molecule has 0 aliphatic rings. The first-order chi connectivity index (χ1) is 13.2. The Bertz CT molecular complexity index is 1110. The average molecular weight is 359 g/mol. The van der Waals surface area contributed by atoms with Gasteiger partial charge in [0, 0.05) is 17.3 Å². The predicted octanol–water partition coefficient (Wildman–Crippen LogP) is 4.47. The van der Waals surface area contributed by atoms with Crippen LogP contribution in [0.25, 0.3) is 10.8 Å². The number of hydrogen-bond donors (Lipinski definition) is 1. The smallest absolute Gasteiger partial charge is 0.373 e. The second-order valence-electron chi connectivity index (χ2n) is 5.58. The Morgan fingerprint density at radius 2 is 1.85 bits per heavy atom. The molecule has 0 unspecified atom stereocenters. The minimum atomic E-state index is -0.570. The Hall–Kier alpha value is -4.07. The van der Waals surface area contributed by atoms with Crippen molar-refractivity contribution in [3.05, 3.63) is 83.4 Å². The van der Waals surface area contributed by atoms with E-state index >= 15 is 0 Å². The summed E-state index contributed by atoms with van der Waals surface area (Å²) in [5.41, 5.74) is 0.344. The first-order valence-corrected chi connectivity index (χ1v) is 8.04. The van der Waals surface area contributed by atoms with Gasteiger partial charge in [0.25, 0.3) is 0 Å². The number of aromatic nitrogens is 3. The number of ether oxygens (including phenoxy) is 1. The summed E-state index contributed by atoms with van der Waals surface area (Å²) in [7, 11) is 0. The number of anilines is 2. The number of pyridine rings is 1. The SMILES string of the molecule is O=[N+]([O-])c1c(Nc2cccc3ccccc23)ncnc1Oc1cccnc1. The van der Waals surface area contributed by atoms with Crippen molar-refractivity contribution in [2.75, 3.05) is 5.32 Å². The van der Waals surface area contributed by atoms with Crippen LogP contribution in [0.4, 0.5) is 17.2 Å². The molecule has 27 heavy (non-hydrogen) atoms. The van der Waals surface area contributed by atoms with E-state index in [4.69, 9.17) is 4.74 Å². The number of nitrogens with zero attached hydrogens (tertiary/aromatic N) is 4. The summed E-state index contributed by atoms with van der Waals surface area (Å²) in [5.74, 6) is 0.228. The molecule has 0 aliphatic heterocycles. The van der Waals surface area contributed by atoms with E-state index in [1.807, 2.05) is 42.5 Å². The molecular formula is C19H13N5O3. The predicted molar refractivity (Wildman–Crippen MR) is 100 cm³/mol. The zero-order valence-corrected chi connectivity index (χ0v) is 13.9. The lowest BCUT2D eigenvalue weighted by Gasteiger charge is -2.11. The van der Waals surface area contributed by atoms with Gasteiger partial charge in [-0.1, -0.05) is 36.4 Å². The zero-order chi connectivity index (χ0) is 18.6. The largest absolute Gasteiger partial charge is 0.432 e. The summed E-state index contributed by atoms with van der Waals surface area (Å²) < 4.78 is 5.54. The molecule has 2 aromatic heterocycles. The second-order valence-corrected chi connectivity index (χ2v) is 5.58. The number of nitrogens with one attached hydrogen (secondary N) is 1. The lowest BCUT2D eigenvalue weighted by Crippen LogP contribution is -2.04. The Balaban J connectivity index is 1.76. The molecule has 0 atom stereocenters. The number of fused-ring (bicyclic) bond motifs is 1. The Morgan fingerprint density at radius 3 is 2.67 bits per heavy atom. The maximum absolute atomic E-state index is 11.7. The number of hydrogen-bond acceptors (Lipinski definition) is 7. The van der Waals surface area contributed by atoms with Crippen LogP contribution in [0.5, 0.6) is 11.6 Å². The van der Waals surface area contributed by atoms with Gasteiger partial charge in [-0.15, -0.1) is 0 Å². The third kappa shape index (κ3) is 3.36. The molecule has 4 rings (SSSR count). The average Bonchev–Trinajstić information content (AvgIpc) is 2.69. The van der Waals surface area contributed by atoms with Crippen LogP contribution in [-0.4, -0.2) is 19.9 Å². The van der Waals surface area contributed by atoms with E-state index in [-0.39, 0.29) is 17.4 Å². The van der Waals surface area contributed by atoms with E-state index in [9.17, 15) is 10.1 Å². The third-order valence-electron chi connectivity index (χ3n) is 3.86. The molecular weight excluding hydrogens is 346 g/mol. The van der Waals surface area contributed by atoms with Crippen molar-refractivity contribution in [2.24, 2.45) is 0 Å². The highest BCUT2D eigenvalue weighted by atomic mass is 16.6. The molecule has 2 heterocycles. The molecule has 0 saturated carbocycles. The van der Waals surface area contributed by atoms with Crippen LogP contribution in [-0.2, 0) is 0 Å². The Kier molecular flexibility index (Phi) is 4.28. The first-order valence-electron chi connectivity index (χ1n) is 8.04. The molecule has 0 amide bonds. The van der Waals surface area contributed by atoms with E-state index in [0.29, 0.717) is 11.4 Å². The molecule has 2 aromatic carbocycles. The van der Waals surface area contributed by atoms with E-state index in [2.05, 4.69) is 20.3 Å². The standard InChI is InChI=1S/C19H13N5O3/c25-24(26)17-18(21-12-22-19(17)27-14-7-4-10-20-11-14)23-16-9-3-6-13-5-1-2-8-15(13)16/h1-12H,(H,21,22,23). The monoisotopic (exact) mass is 359 g/mol. The van der Waals surface area contributed by atoms with Crippen molar-refractivity contribution < 1.29 is 9.66 Å².